The zero-order valence-electron chi connectivity index (χ0n) is 18.5. The summed E-state index contributed by atoms with van der Waals surface area (Å²) in [7, 11) is -3.60. The molecule has 0 aliphatic rings. The molecule has 0 fully saturated rings. The maximum atomic E-state index is 11.7. The minimum atomic E-state index is -3.60. The van der Waals surface area contributed by atoms with Gasteiger partial charge in [-0.15, -0.1) is 0 Å². The third kappa shape index (κ3) is 17.5. The van der Waals surface area contributed by atoms with E-state index in [2.05, 4.69) is 24.4 Å². The van der Waals surface area contributed by atoms with Crippen LogP contribution >= 0.6 is 7.60 Å². The van der Waals surface area contributed by atoms with Crippen molar-refractivity contribution < 1.29 is 18.8 Å². The van der Waals surface area contributed by atoms with Crippen molar-refractivity contribution in [3.8, 4) is 0 Å². The summed E-state index contributed by atoms with van der Waals surface area (Å²) in [5.41, 5.74) is -0.462. The summed E-state index contributed by atoms with van der Waals surface area (Å²) >= 11 is 0. The molecule has 0 aromatic carbocycles. The van der Waals surface area contributed by atoms with Crippen LogP contribution in [-0.4, -0.2) is 23.2 Å². The van der Waals surface area contributed by atoms with Crippen molar-refractivity contribution in [2.45, 2.75) is 116 Å². The highest BCUT2D eigenvalue weighted by molar-refractivity contribution is 7.53. The van der Waals surface area contributed by atoms with Crippen LogP contribution in [0.15, 0.2) is 12.2 Å². The molecule has 2 N–H and O–H groups in total. The van der Waals surface area contributed by atoms with E-state index in [1.54, 1.807) is 13.8 Å². The number of allylic oxidation sites excluding steroid dienone is 2. The second kappa shape index (κ2) is 18.4. The molecule has 0 radical (unpaired) electrons. The van der Waals surface area contributed by atoms with Gasteiger partial charge in [0.05, 0.1) is 5.66 Å². The van der Waals surface area contributed by atoms with E-state index in [1.165, 1.54) is 64.2 Å². The van der Waals surface area contributed by atoms with Gasteiger partial charge in [0.1, 0.15) is 6.73 Å². The molecular weight excluding hydrogens is 373 g/mol. The van der Waals surface area contributed by atoms with Crippen LogP contribution in [-0.2, 0) is 13.9 Å². The maximum Gasteiger partial charge on any atom is 0.332 e. The average molecular weight is 418 g/mol. The van der Waals surface area contributed by atoms with Crippen LogP contribution in [0.1, 0.15) is 111 Å². The molecule has 1 unspecified atom stereocenters. The fourth-order valence-corrected chi connectivity index (χ4v) is 3.35. The SMILES string of the molecule is CCCCCC/C=C/CCCCCCCCCC(=O)NCOP(=O)(O)C(C)C. The Labute approximate surface area is 173 Å². The first-order chi connectivity index (χ1) is 13.4. The van der Waals surface area contributed by atoms with Crippen LogP contribution < -0.4 is 5.32 Å². The van der Waals surface area contributed by atoms with Gasteiger partial charge in [-0.1, -0.05) is 84.3 Å². The first-order valence-electron chi connectivity index (χ1n) is 11.3. The summed E-state index contributed by atoms with van der Waals surface area (Å²) in [6.07, 6.45) is 21.0. The van der Waals surface area contributed by atoms with E-state index in [0.29, 0.717) is 6.42 Å². The molecule has 166 valence electrons. The first-order valence-corrected chi connectivity index (χ1v) is 12.9. The topological polar surface area (TPSA) is 75.6 Å². The lowest BCUT2D eigenvalue weighted by Gasteiger charge is -2.15. The highest BCUT2D eigenvalue weighted by Gasteiger charge is 2.24. The Hall–Kier alpha value is -0.640. The molecule has 28 heavy (non-hydrogen) atoms. The van der Waals surface area contributed by atoms with Crippen molar-refractivity contribution >= 4 is 13.5 Å². The van der Waals surface area contributed by atoms with Gasteiger partial charge in [-0.05, 0) is 32.1 Å². The van der Waals surface area contributed by atoms with Crippen molar-refractivity contribution in [3.05, 3.63) is 12.2 Å². The number of nitrogens with one attached hydrogen (secondary N) is 1. The van der Waals surface area contributed by atoms with Crippen LogP contribution in [0.2, 0.25) is 0 Å². The molecule has 0 rings (SSSR count). The van der Waals surface area contributed by atoms with E-state index < -0.39 is 13.3 Å². The first kappa shape index (κ1) is 27.4. The number of rotatable bonds is 19. The van der Waals surface area contributed by atoms with Gasteiger partial charge >= 0.3 is 7.60 Å². The minimum Gasteiger partial charge on any atom is -0.333 e. The lowest BCUT2D eigenvalue weighted by molar-refractivity contribution is -0.122. The highest BCUT2D eigenvalue weighted by Crippen LogP contribution is 2.46. The van der Waals surface area contributed by atoms with E-state index >= 15 is 0 Å². The van der Waals surface area contributed by atoms with E-state index in [1.807, 2.05) is 0 Å². The summed E-state index contributed by atoms with van der Waals surface area (Å²) in [5.74, 6) is -0.120. The Morgan fingerprint density at radius 2 is 1.43 bits per heavy atom. The fraction of sp³-hybridized carbons (Fsp3) is 0.864. The zero-order chi connectivity index (χ0) is 21.1. The highest BCUT2D eigenvalue weighted by atomic mass is 31.2. The van der Waals surface area contributed by atoms with Crippen LogP contribution in [0.5, 0.6) is 0 Å². The van der Waals surface area contributed by atoms with Gasteiger partial charge in [0.15, 0.2) is 0 Å². The molecule has 1 amide bonds. The molecule has 0 aromatic heterocycles. The van der Waals surface area contributed by atoms with Gasteiger partial charge in [-0.25, -0.2) is 0 Å². The van der Waals surface area contributed by atoms with Crippen molar-refractivity contribution in [3.63, 3.8) is 0 Å². The molecule has 0 aromatic rings. The molecule has 0 saturated carbocycles. The summed E-state index contributed by atoms with van der Waals surface area (Å²) in [6.45, 7) is 5.29. The molecule has 0 spiro atoms. The summed E-state index contributed by atoms with van der Waals surface area (Å²) in [4.78, 5) is 21.2. The Balaban J connectivity index is 3.36. The number of hydrogen-bond acceptors (Lipinski definition) is 3. The van der Waals surface area contributed by atoms with E-state index in [-0.39, 0.29) is 12.6 Å². The fourth-order valence-electron chi connectivity index (χ4n) is 2.80. The lowest BCUT2D eigenvalue weighted by Crippen LogP contribution is -2.25. The number of unbranched alkanes of at least 4 members (excludes halogenated alkanes) is 11. The van der Waals surface area contributed by atoms with Gasteiger partial charge < -0.3 is 10.2 Å². The molecule has 5 nitrogen and oxygen atoms in total. The molecule has 0 bridgehead atoms. The van der Waals surface area contributed by atoms with Crippen LogP contribution in [0, 0.1) is 0 Å². The average Bonchev–Trinajstić information content (AvgIpc) is 2.64. The van der Waals surface area contributed by atoms with Crippen LogP contribution in [0.3, 0.4) is 0 Å². The Morgan fingerprint density at radius 3 is 1.96 bits per heavy atom. The third-order valence-electron chi connectivity index (χ3n) is 4.84. The standard InChI is InChI=1S/C22H44NO4P/c1-4-5-6-7-8-9-10-11-12-13-14-15-16-17-18-19-22(24)23-20-27-28(25,26)21(2)3/h9-10,21H,4-8,11-20H2,1-3H3,(H,23,24)(H,25,26)/b10-9+. The molecule has 0 saturated heterocycles. The molecule has 1 atom stereocenters. The largest absolute Gasteiger partial charge is 0.333 e. The third-order valence-corrected chi connectivity index (χ3v) is 6.64. The Bertz CT molecular complexity index is 452. The second-order valence-electron chi connectivity index (χ2n) is 7.87. The predicted molar refractivity (Wildman–Crippen MR) is 119 cm³/mol. The van der Waals surface area contributed by atoms with Gasteiger partial charge in [-0.3, -0.25) is 13.9 Å². The number of hydrogen-bond donors (Lipinski definition) is 2. The predicted octanol–water partition coefficient (Wildman–Crippen LogP) is 6.71. The maximum absolute atomic E-state index is 11.7. The monoisotopic (exact) mass is 417 g/mol. The van der Waals surface area contributed by atoms with Crippen molar-refractivity contribution in [2.75, 3.05) is 6.73 Å². The number of carbonyl (C=O) groups is 1. The lowest BCUT2D eigenvalue weighted by atomic mass is 10.1. The summed E-state index contributed by atoms with van der Waals surface area (Å²) in [5, 5.41) is 2.54. The molecule has 0 aliphatic heterocycles. The van der Waals surface area contributed by atoms with E-state index in [9.17, 15) is 14.3 Å². The molecule has 0 heterocycles. The zero-order valence-corrected chi connectivity index (χ0v) is 19.4. The Morgan fingerprint density at radius 1 is 0.929 bits per heavy atom. The summed E-state index contributed by atoms with van der Waals surface area (Å²) in [6, 6.07) is 0. The number of amides is 1. The Kier molecular flexibility index (Phi) is 18.0. The normalized spacial score (nSPS) is 13.9. The van der Waals surface area contributed by atoms with Crippen LogP contribution in [0.25, 0.3) is 0 Å². The van der Waals surface area contributed by atoms with E-state index in [4.69, 9.17) is 4.52 Å². The summed E-state index contributed by atoms with van der Waals surface area (Å²) < 4.78 is 16.4. The number of carbonyl (C=O) groups excluding carboxylic acids is 1. The van der Waals surface area contributed by atoms with Crippen molar-refractivity contribution in [1.29, 1.82) is 0 Å². The quantitative estimate of drug-likeness (QED) is 0.106. The van der Waals surface area contributed by atoms with E-state index in [0.717, 1.165) is 19.3 Å². The second-order valence-corrected chi connectivity index (χ2v) is 10.3. The van der Waals surface area contributed by atoms with Gasteiger partial charge in [0, 0.05) is 6.42 Å². The minimum absolute atomic E-state index is 0.120. The molecular formula is C22H44NO4P. The van der Waals surface area contributed by atoms with Crippen molar-refractivity contribution in [1.82, 2.24) is 5.32 Å². The molecule has 6 heteroatoms. The molecule has 0 aliphatic carbocycles. The van der Waals surface area contributed by atoms with Gasteiger partial charge in [0.2, 0.25) is 5.91 Å². The van der Waals surface area contributed by atoms with Gasteiger partial charge in [0.25, 0.3) is 0 Å². The van der Waals surface area contributed by atoms with Crippen molar-refractivity contribution in [2.24, 2.45) is 0 Å². The van der Waals surface area contributed by atoms with Crippen LogP contribution in [0.4, 0.5) is 0 Å². The van der Waals surface area contributed by atoms with Gasteiger partial charge in [-0.2, -0.15) is 0 Å². The smallest absolute Gasteiger partial charge is 0.332 e.